The third-order valence-corrected chi connectivity index (χ3v) is 4.84. The highest BCUT2D eigenvalue weighted by Gasteiger charge is 2.18. The van der Waals surface area contributed by atoms with Crippen LogP contribution in [0, 0.1) is 0 Å². The van der Waals surface area contributed by atoms with Gasteiger partial charge in [-0.1, -0.05) is 42.5 Å². The first-order valence-electron chi connectivity index (χ1n) is 9.08. The molecule has 4 rings (SSSR count). The van der Waals surface area contributed by atoms with Crippen molar-refractivity contribution in [1.29, 1.82) is 0 Å². The third-order valence-electron chi connectivity index (χ3n) is 4.84. The second-order valence-corrected chi connectivity index (χ2v) is 6.64. The Morgan fingerprint density at radius 1 is 0.929 bits per heavy atom. The molecule has 0 bridgehead atoms. The van der Waals surface area contributed by atoms with Crippen LogP contribution >= 0.6 is 0 Å². The molecule has 5 nitrogen and oxygen atoms in total. The van der Waals surface area contributed by atoms with Gasteiger partial charge in [0.15, 0.2) is 0 Å². The van der Waals surface area contributed by atoms with E-state index in [0.717, 1.165) is 12.1 Å². The smallest absolute Gasteiger partial charge is 0.255 e. The van der Waals surface area contributed by atoms with E-state index in [1.807, 2.05) is 30.3 Å². The average Bonchev–Trinajstić information content (AvgIpc) is 3.09. The molecule has 0 atom stereocenters. The van der Waals surface area contributed by atoms with Gasteiger partial charge in [0.05, 0.1) is 19.2 Å². The minimum Gasteiger partial charge on any atom is -0.496 e. The largest absolute Gasteiger partial charge is 0.496 e. The number of hydrogen-bond donors (Lipinski definition) is 2. The maximum Gasteiger partial charge on any atom is 0.255 e. The minimum absolute atomic E-state index is 0.117. The van der Waals surface area contributed by atoms with Gasteiger partial charge in [-0.2, -0.15) is 0 Å². The number of carbonyl (C=O) groups excluding carboxylic acids is 2. The molecule has 0 unspecified atom stereocenters. The zero-order valence-electron chi connectivity index (χ0n) is 15.5. The van der Waals surface area contributed by atoms with Crippen LogP contribution in [0.4, 0.5) is 5.69 Å². The number of nitrogens with one attached hydrogen (secondary N) is 2. The van der Waals surface area contributed by atoms with Gasteiger partial charge in [-0.3, -0.25) is 9.59 Å². The summed E-state index contributed by atoms with van der Waals surface area (Å²) in [7, 11) is 1.50. The van der Waals surface area contributed by atoms with E-state index in [9.17, 15) is 9.59 Å². The first-order chi connectivity index (χ1) is 13.7. The fourth-order valence-corrected chi connectivity index (χ4v) is 3.52. The quantitative estimate of drug-likeness (QED) is 0.562. The Bertz CT molecular complexity index is 1060. The summed E-state index contributed by atoms with van der Waals surface area (Å²) < 4.78 is 5.18. The van der Waals surface area contributed by atoms with E-state index in [4.69, 9.17) is 4.74 Å². The predicted molar refractivity (Wildman–Crippen MR) is 109 cm³/mol. The minimum atomic E-state index is -0.350. The van der Waals surface area contributed by atoms with E-state index in [0.29, 0.717) is 11.3 Å². The highest BCUT2D eigenvalue weighted by molar-refractivity contribution is 6.01. The van der Waals surface area contributed by atoms with Crippen LogP contribution in [0.15, 0.2) is 66.7 Å². The molecule has 0 aromatic heterocycles. The van der Waals surface area contributed by atoms with Crippen molar-refractivity contribution in [2.75, 3.05) is 19.0 Å². The summed E-state index contributed by atoms with van der Waals surface area (Å²) in [5.74, 6) is -0.158. The van der Waals surface area contributed by atoms with Crippen LogP contribution in [-0.2, 0) is 11.2 Å². The number of anilines is 1. The van der Waals surface area contributed by atoms with Crippen LogP contribution < -0.4 is 15.4 Å². The number of carbonyl (C=O) groups is 2. The molecule has 140 valence electrons. The molecule has 0 radical (unpaired) electrons. The molecule has 2 N–H and O–H groups in total. The van der Waals surface area contributed by atoms with Crippen molar-refractivity contribution in [3.63, 3.8) is 0 Å². The lowest BCUT2D eigenvalue weighted by Crippen LogP contribution is -2.33. The Hall–Kier alpha value is -3.60. The molecule has 0 spiro atoms. The molecule has 0 fully saturated rings. The van der Waals surface area contributed by atoms with Gasteiger partial charge in [-0.15, -0.1) is 0 Å². The van der Waals surface area contributed by atoms with E-state index in [2.05, 4.69) is 22.8 Å². The summed E-state index contributed by atoms with van der Waals surface area (Å²) in [6, 6.07) is 21.1. The number of para-hydroxylation sites is 1. The summed E-state index contributed by atoms with van der Waals surface area (Å²) in [6.07, 6.45) is 0.861. The second kappa shape index (κ2) is 7.56. The standard InChI is InChI=1S/C23H20N2O3/c1-28-21-9-5-4-8-20(21)23(27)24-14-22(26)25-17-10-11-19-16(13-17)12-15-6-2-3-7-18(15)19/h2-11,13H,12,14H2,1H3,(H,24,27)(H,25,26). The van der Waals surface area contributed by atoms with Gasteiger partial charge >= 0.3 is 0 Å². The van der Waals surface area contributed by atoms with Crippen LogP contribution in [0.25, 0.3) is 11.1 Å². The molecule has 0 saturated heterocycles. The normalized spacial score (nSPS) is 11.3. The van der Waals surface area contributed by atoms with E-state index < -0.39 is 0 Å². The molecule has 2 amide bonds. The lowest BCUT2D eigenvalue weighted by molar-refractivity contribution is -0.115. The van der Waals surface area contributed by atoms with Gasteiger partial charge in [0.2, 0.25) is 5.91 Å². The first kappa shape index (κ1) is 17.8. The molecule has 0 aliphatic heterocycles. The van der Waals surface area contributed by atoms with Gasteiger partial charge < -0.3 is 15.4 Å². The topological polar surface area (TPSA) is 67.4 Å². The van der Waals surface area contributed by atoms with Crippen LogP contribution in [0.3, 0.4) is 0 Å². The fraction of sp³-hybridized carbons (Fsp3) is 0.130. The Morgan fingerprint density at radius 3 is 2.54 bits per heavy atom. The Labute approximate surface area is 163 Å². The van der Waals surface area contributed by atoms with Crippen molar-refractivity contribution >= 4 is 17.5 Å². The second-order valence-electron chi connectivity index (χ2n) is 6.64. The van der Waals surface area contributed by atoms with Crippen molar-refractivity contribution in [3.05, 3.63) is 83.4 Å². The molecule has 1 aliphatic rings. The lowest BCUT2D eigenvalue weighted by Gasteiger charge is -2.10. The zero-order valence-corrected chi connectivity index (χ0v) is 15.5. The van der Waals surface area contributed by atoms with E-state index in [1.165, 1.54) is 29.4 Å². The molecule has 3 aromatic rings. The molecular weight excluding hydrogens is 352 g/mol. The highest BCUT2D eigenvalue weighted by atomic mass is 16.5. The SMILES string of the molecule is COc1ccccc1C(=O)NCC(=O)Nc1ccc2c(c1)Cc1ccccc1-2. The molecule has 5 heteroatoms. The summed E-state index contributed by atoms with van der Waals surface area (Å²) in [6.45, 7) is -0.117. The van der Waals surface area contributed by atoms with Gasteiger partial charge in [-0.05, 0) is 52.9 Å². The summed E-state index contributed by atoms with van der Waals surface area (Å²) >= 11 is 0. The predicted octanol–water partition coefficient (Wildman–Crippen LogP) is 3.63. The summed E-state index contributed by atoms with van der Waals surface area (Å²) in [4.78, 5) is 24.6. The number of fused-ring (bicyclic) bond motifs is 3. The van der Waals surface area contributed by atoms with Gasteiger partial charge in [0, 0.05) is 5.69 Å². The molecular formula is C23H20N2O3. The van der Waals surface area contributed by atoms with Crippen molar-refractivity contribution in [3.8, 4) is 16.9 Å². The van der Waals surface area contributed by atoms with Gasteiger partial charge in [0.25, 0.3) is 5.91 Å². The number of hydrogen-bond acceptors (Lipinski definition) is 3. The van der Waals surface area contributed by atoms with Gasteiger partial charge in [0.1, 0.15) is 5.75 Å². The average molecular weight is 372 g/mol. The van der Waals surface area contributed by atoms with Gasteiger partial charge in [-0.25, -0.2) is 0 Å². The monoisotopic (exact) mass is 372 g/mol. The van der Waals surface area contributed by atoms with Crippen molar-refractivity contribution in [2.24, 2.45) is 0 Å². The fourth-order valence-electron chi connectivity index (χ4n) is 3.52. The lowest BCUT2D eigenvalue weighted by atomic mass is 10.1. The maximum atomic E-state index is 12.3. The summed E-state index contributed by atoms with van der Waals surface area (Å²) in [5.41, 5.74) is 6.07. The Morgan fingerprint density at radius 2 is 1.68 bits per heavy atom. The summed E-state index contributed by atoms with van der Waals surface area (Å²) in [5, 5.41) is 5.48. The van der Waals surface area contributed by atoms with Crippen molar-refractivity contribution in [2.45, 2.75) is 6.42 Å². The van der Waals surface area contributed by atoms with E-state index in [1.54, 1.807) is 24.3 Å². The zero-order chi connectivity index (χ0) is 19.5. The van der Waals surface area contributed by atoms with Crippen LogP contribution in [0.5, 0.6) is 5.75 Å². The van der Waals surface area contributed by atoms with E-state index in [-0.39, 0.29) is 18.4 Å². The van der Waals surface area contributed by atoms with Crippen molar-refractivity contribution < 1.29 is 14.3 Å². The number of benzene rings is 3. The maximum absolute atomic E-state index is 12.3. The molecule has 0 heterocycles. The number of ether oxygens (including phenoxy) is 1. The third kappa shape index (κ3) is 3.47. The Kier molecular flexibility index (Phi) is 4.81. The number of methoxy groups -OCH3 is 1. The molecule has 28 heavy (non-hydrogen) atoms. The van der Waals surface area contributed by atoms with Crippen LogP contribution in [0.1, 0.15) is 21.5 Å². The molecule has 3 aromatic carbocycles. The molecule has 0 saturated carbocycles. The Balaban J connectivity index is 1.38. The number of amides is 2. The highest BCUT2D eigenvalue weighted by Crippen LogP contribution is 2.37. The van der Waals surface area contributed by atoms with Crippen LogP contribution in [0.2, 0.25) is 0 Å². The van der Waals surface area contributed by atoms with E-state index >= 15 is 0 Å². The number of rotatable bonds is 5. The first-order valence-corrected chi connectivity index (χ1v) is 9.08. The van der Waals surface area contributed by atoms with Crippen LogP contribution in [-0.4, -0.2) is 25.5 Å². The molecule has 1 aliphatic carbocycles. The van der Waals surface area contributed by atoms with Crippen molar-refractivity contribution in [1.82, 2.24) is 5.32 Å².